The zero-order valence-corrected chi connectivity index (χ0v) is 6.77. The minimum Gasteiger partial charge on any atom is -0.311 e. The highest BCUT2D eigenvalue weighted by Gasteiger charge is 2.07. The van der Waals surface area contributed by atoms with Crippen LogP contribution in [0.1, 0.15) is 32.6 Å². The molecule has 1 heterocycles. The van der Waals surface area contributed by atoms with E-state index in [0.717, 1.165) is 6.42 Å². The summed E-state index contributed by atoms with van der Waals surface area (Å²) < 4.78 is 0. The van der Waals surface area contributed by atoms with Crippen molar-refractivity contribution in [2.75, 3.05) is 6.54 Å². The number of rotatable bonds is 2. The Morgan fingerprint density at radius 3 is 3.00 bits per heavy atom. The third-order valence-corrected chi connectivity index (χ3v) is 1.95. The highest BCUT2D eigenvalue weighted by atomic mass is 14.9. The molecule has 0 aromatic rings. The summed E-state index contributed by atoms with van der Waals surface area (Å²) in [5, 5.41) is 3.47. The van der Waals surface area contributed by atoms with E-state index in [1.54, 1.807) is 0 Å². The summed E-state index contributed by atoms with van der Waals surface area (Å²) in [6.07, 6.45) is 9.80. The van der Waals surface area contributed by atoms with Crippen molar-refractivity contribution >= 4 is 0 Å². The van der Waals surface area contributed by atoms with Gasteiger partial charge in [0, 0.05) is 6.04 Å². The van der Waals surface area contributed by atoms with Crippen LogP contribution in [0.15, 0.2) is 12.2 Å². The Kier molecular flexibility index (Phi) is 3.52. The standard InChI is InChI=1S/C9H17N/c1-2-3-6-9-7-4-5-8-10-9/h3,6,9-10H,2,4-5,7-8H2,1H3/b6-3-. The largest absolute Gasteiger partial charge is 0.311 e. The van der Waals surface area contributed by atoms with Crippen molar-refractivity contribution in [2.45, 2.75) is 38.6 Å². The average molecular weight is 139 g/mol. The summed E-state index contributed by atoms with van der Waals surface area (Å²) >= 11 is 0. The van der Waals surface area contributed by atoms with Crippen LogP contribution < -0.4 is 5.32 Å². The van der Waals surface area contributed by atoms with Gasteiger partial charge in [-0.3, -0.25) is 0 Å². The smallest absolute Gasteiger partial charge is 0.0250 e. The summed E-state index contributed by atoms with van der Waals surface area (Å²) in [5.74, 6) is 0. The molecule has 10 heavy (non-hydrogen) atoms. The number of allylic oxidation sites excluding steroid dienone is 1. The molecular weight excluding hydrogens is 122 g/mol. The summed E-state index contributed by atoms with van der Waals surface area (Å²) in [6.45, 7) is 3.39. The molecule has 1 atom stereocenters. The van der Waals surface area contributed by atoms with Gasteiger partial charge in [0.05, 0.1) is 0 Å². The molecule has 1 N–H and O–H groups in total. The molecule has 1 nitrogen and oxygen atoms in total. The van der Waals surface area contributed by atoms with E-state index in [2.05, 4.69) is 24.4 Å². The molecule has 1 aliphatic rings. The second-order valence-corrected chi connectivity index (χ2v) is 2.89. The Hall–Kier alpha value is -0.300. The SMILES string of the molecule is CC/C=C\C1CCCCN1. The first-order chi connectivity index (χ1) is 4.93. The van der Waals surface area contributed by atoms with Gasteiger partial charge < -0.3 is 5.32 Å². The van der Waals surface area contributed by atoms with E-state index in [0.29, 0.717) is 6.04 Å². The molecule has 0 saturated carbocycles. The topological polar surface area (TPSA) is 12.0 Å². The van der Waals surface area contributed by atoms with Crippen molar-refractivity contribution in [3.63, 3.8) is 0 Å². The predicted molar refractivity (Wildman–Crippen MR) is 45.1 cm³/mol. The lowest BCUT2D eigenvalue weighted by Gasteiger charge is -2.19. The average Bonchev–Trinajstić information content (AvgIpc) is 2.03. The van der Waals surface area contributed by atoms with E-state index >= 15 is 0 Å². The number of hydrogen-bond acceptors (Lipinski definition) is 1. The second kappa shape index (κ2) is 4.51. The minimum absolute atomic E-state index is 0.675. The maximum Gasteiger partial charge on any atom is 0.0250 e. The van der Waals surface area contributed by atoms with Crippen molar-refractivity contribution in [1.29, 1.82) is 0 Å². The van der Waals surface area contributed by atoms with Gasteiger partial charge in [0.15, 0.2) is 0 Å². The lowest BCUT2D eigenvalue weighted by Crippen LogP contribution is -2.32. The van der Waals surface area contributed by atoms with Crippen LogP contribution in [-0.4, -0.2) is 12.6 Å². The van der Waals surface area contributed by atoms with Crippen molar-refractivity contribution in [1.82, 2.24) is 5.32 Å². The molecule has 0 aromatic heterocycles. The Balaban J connectivity index is 2.19. The van der Waals surface area contributed by atoms with Crippen LogP contribution >= 0.6 is 0 Å². The van der Waals surface area contributed by atoms with Gasteiger partial charge in [0.25, 0.3) is 0 Å². The number of nitrogens with one attached hydrogen (secondary N) is 1. The Bertz CT molecular complexity index is 101. The molecule has 1 rings (SSSR count). The Morgan fingerprint density at radius 2 is 2.40 bits per heavy atom. The van der Waals surface area contributed by atoms with Crippen LogP contribution in [0.4, 0.5) is 0 Å². The molecular formula is C9H17N. The molecule has 0 amide bonds. The zero-order chi connectivity index (χ0) is 7.23. The molecule has 1 saturated heterocycles. The molecule has 0 bridgehead atoms. The first-order valence-corrected chi connectivity index (χ1v) is 4.33. The quantitative estimate of drug-likeness (QED) is 0.578. The van der Waals surface area contributed by atoms with Crippen molar-refractivity contribution in [3.8, 4) is 0 Å². The van der Waals surface area contributed by atoms with Gasteiger partial charge in [-0.25, -0.2) is 0 Å². The summed E-state index contributed by atoms with van der Waals surface area (Å²) in [6, 6.07) is 0.675. The van der Waals surface area contributed by atoms with Crippen LogP contribution in [0, 0.1) is 0 Å². The minimum atomic E-state index is 0.675. The fraction of sp³-hybridized carbons (Fsp3) is 0.778. The number of piperidine rings is 1. The lowest BCUT2D eigenvalue weighted by molar-refractivity contribution is 0.454. The molecule has 1 fully saturated rings. The van der Waals surface area contributed by atoms with Crippen molar-refractivity contribution in [3.05, 3.63) is 12.2 Å². The van der Waals surface area contributed by atoms with E-state index in [9.17, 15) is 0 Å². The molecule has 0 aromatic carbocycles. The predicted octanol–water partition coefficient (Wildman–Crippen LogP) is 2.09. The van der Waals surface area contributed by atoms with Gasteiger partial charge in [0.1, 0.15) is 0 Å². The monoisotopic (exact) mass is 139 g/mol. The third-order valence-electron chi connectivity index (χ3n) is 1.95. The first-order valence-electron chi connectivity index (χ1n) is 4.33. The van der Waals surface area contributed by atoms with E-state index in [1.165, 1.54) is 25.8 Å². The van der Waals surface area contributed by atoms with Gasteiger partial charge in [-0.05, 0) is 25.8 Å². The maximum absolute atomic E-state index is 3.47. The van der Waals surface area contributed by atoms with E-state index in [4.69, 9.17) is 0 Å². The van der Waals surface area contributed by atoms with E-state index in [1.807, 2.05) is 0 Å². The molecule has 1 unspecified atom stereocenters. The number of hydrogen-bond donors (Lipinski definition) is 1. The fourth-order valence-corrected chi connectivity index (χ4v) is 1.34. The highest BCUT2D eigenvalue weighted by molar-refractivity contribution is 4.93. The van der Waals surface area contributed by atoms with Crippen LogP contribution in [0.25, 0.3) is 0 Å². The summed E-state index contributed by atoms with van der Waals surface area (Å²) in [4.78, 5) is 0. The molecule has 0 spiro atoms. The van der Waals surface area contributed by atoms with Crippen molar-refractivity contribution in [2.24, 2.45) is 0 Å². The van der Waals surface area contributed by atoms with Gasteiger partial charge in [-0.1, -0.05) is 25.5 Å². The summed E-state index contributed by atoms with van der Waals surface area (Å²) in [7, 11) is 0. The van der Waals surface area contributed by atoms with Gasteiger partial charge in [0.2, 0.25) is 0 Å². The zero-order valence-electron chi connectivity index (χ0n) is 6.77. The fourth-order valence-electron chi connectivity index (χ4n) is 1.34. The van der Waals surface area contributed by atoms with Crippen LogP contribution in [0.5, 0.6) is 0 Å². The lowest BCUT2D eigenvalue weighted by atomic mass is 10.0. The van der Waals surface area contributed by atoms with E-state index < -0.39 is 0 Å². The van der Waals surface area contributed by atoms with Crippen LogP contribution in [-0.2, 0) is 0 Å². The van der Waals surface area contributed by atoms with Crippen LogP contribution in [0.2, 0.25) is 0 Å². The third kappa shape index (κ3) is 2.53. The normalized spacial score (nSPS) is 27.5. The van der Waals surface area contributed by atoms with Gasteiger partial charge >= 0.3 is 0 Å². The van der Waals surface area contributed by atoms with E-state index in [-0.39, 0.29) is 0 Å². The van der Waals surface area contributed by atoms with Crippen LogP contribution in [0.3, 0.4) is 0 Å². The first kappa shape index (κ1) is 7.80. The molecule has 1 heteroatoms. The summed E-state index contributed by atoms with van der Waals surface area (Å²) in [5.41, 5.74) is 0. The Labute approximate surface area is 63.5 Å². The molecule has 58 valence electrons. The molecule has 0 aliphatic carbocycles. The van der Waals surface area contributed by atoms with Gasteiger partial charge in [-0.15, -0.1) is 0 Å². The maximum atomic E-state index is 3.47. The molecule has 0 radical (unpaired) electrons. The van der Waals surface area contributed by atoms with Gasteiger partial charge in [-0.2, -0.15) is 0 Å². The highest BCUT2D eigenvalue weighted by Crippen LogP contribution is 2.07. The van der Waals surface area contributed by atoms with Crippen molar-refractivity contribution < 1.29 is 0 Å². The Morgan fingerprint density at radius 1 is 1.50 bits per heavy atom. The second-order valence-electron chi connectivity index (χ2n) is 2.89. The molecule has 1 aliphatic heterocycles.